The minimum Gasteiger partial charge on any atom is -0.494 e. The minimum atomic E-state index is -1.01. The van der Waals surface area contributed by atoms with Gasteiger partial charge in [-0.3, -0.25) is 19.4 Å². The number of carboxylic acid groups (broad SMARTS) is 1. The van der Waals surface area contributed by atoms with Crippen molar-refractivity contribution in [2.45, 2.75) is 26.3 Å². The molecule has 0 spiro atoms. The third-order valence-electron chi connectivity index (χ3n) is 2.53. The summed E-state index contributed by atoms with van der Waals surface area (Å²) in [7, 11) is 0. The number of aromatic hydroxyl groups is 1. The summed E-state index contributed by atoms with van der Waals surface area (Å²) < 4.78 is 0. The van der Waals surface area contributed by atoms with Crippen LogP contribution >= 0.6 is 0 Å². The first-order chi connectivity index (χ1) is 8.81. The van der Waals surface area contributed by atoms with E-state index >= 15 is 0 Å². The average Bonchev–Trinajstić information content (AvgIpc) is 2.26. The lowest BCUT2D eigenvalue weighted by molar-refractivity contribution is -0.137. The summed E-state index contributed by atoms with van der Waals surface area (Å²) in [5.41, 5.74) is -0.564. The van der Waals surface area contributed by atoms with E-state index in [1.54, 1.807) is 13.8 Å². The summed E-state index contributed by atoms with van der Waals surface area (Å²) in [5.74, 6) is -1.90. The van der Waals surface area contributed by atoms with E-state index in [9.17, 15) is 19.5 Å². The molecule has 7 heteroatoms. The zero-order chi connectivity index (χ0) is 14.6. The Morgan fingerprint density at radius 2 is 2.00 bits per heavy atom. The molecule has 0 bridgehead atoms. The van der Waals surface area contributed by atoms with Gasteiger partial charge in [-0.15, -0.1) is 0 Å². The van der Waals surface area contributed by atoms with Crippen molar-refractivity contribution in [3.05, 3.63) is 28.0 Å². The normalized spacial score (nSPS) is 10.5. The maximum Gasteiger partial charge on any atom is 0.305 e. The summed E-state index contributed by atoms with van der Waals surface area (Å²) >= 11 is 0. The molecule has 0 unspecified atom stereocenters. The summed E-state index contributed by atoms with van der Waals surface area (Å²) in [6, 6.07) is 1.99. The topological polar surface area (TPSA) is 111 Å². The van der Waals surface area contributed by atoms with E-state index in [0.29, 0.717) is 0 Å². The van der Waals surface area contributed by atoms with Crippen LogP contribution in [-0.4, -0.2) is 44.6 Å². The first kappa shape index (κ1) is 14.7. The van der Waals surface area contributed by atoms with Gasteiger partial charge >= 0.3 is 5.97 Å². The van der Waals surface area contributed by atoms with E-state index in [1.807, 2.05) is 0 Å². The minimum absolute atomic E-state index is 0.0281. The number of aromatic amines is 1. The molecule has 7 nitrogen and oxygen atoms in total. The number of carbonyl (C=O) groups is 2. The highest BCUT2D eigenvalue weighted by Gasteiger charge is 2.20. The molecule has 0 aliphatic carbocycles. The fourth-order valence-corrected chi connectivity index (χ4v) is 1.63. The van der Waals surface area contributed by atoms with Crippen LogP contribution in [0.5, 0.6) is 5.88 Å². The molecule has 0 radical (unpaired) electrons. The Morgan fingerprint density at radius 3 is 2.47 bits per heavy atom. The second kappa shape index (κ2) is 6.03. The Kier molecular flexibility index (Phi) is 4.68. The molecule has 0 aromatic carbocycles. The van der Waals surface area contributed by atoms with Crippen LogP contribution in [-0.2, 0) is 4.79 Å². The van der Waals surface area contributed by atoms with Gasteiger partial charge in [0, 0.05) is 24.7 Å². The molecule has 1 amide bonds. The molecule has 1 heterocycles. The smallest absolute Gasteiger partial charge is 0.305 e. The van der Waals surface area contributed by atoms with Crippen LogP contribution in [0.2, 0.25) is 0 Å². The Labute approximate surface area is 109 Å². The first-order valence-electron chi connectivity index (χ1n) is 5.77. The highest BCUT2D eigenvalue weighted by atomic mass is 16.4. The van der Waals surface area contributed by atoms with Gasteiger partial charge in [0.2, 0.25) is 0 Å². The Hall–Kier alpha value is -2.31. The standard InChI is InChI=1S/C12H16N2O5/c1-7(2)14(4-3-11(17)18)12(19)8-5-9(15)13-10(16)6-8/h5-7H,3-4H2,1-2H3,(H,17,18)(H2,13,15,16). The zero-order valence-corrected chi connectivity index (χ0v) is 10.7. The van der Waals surface area contributed by atoms with Crippen molar-refractivity contribution in [1.82, 2.24) is 9.88 Å². The van der Waals surface area contributed by atoms with E-state index in [0.717, 1.165) is 12.1 Å². The number of nitrogens with zero attached hydrogens (tertiary/aromatic N) is 1. The lowest BCUT2D eigenvalue weighted by Gasteiger charge is -2.26. The fourth-order valence-electron chi connectivity index (χ4n) is 1.63. The molecule has 0 saturated carbocycles. The second-order valence-electron chi connectivity index (χ2n) is 4.35. The van der Waals surface area contributed by atoms with Crippen LogP contribution in [0.4, 0.5) is 0 Å². The van der Waals surface area contributed by atoms with E-state index in [4.69, 9.17) is 5.11 Å². The van der Waals surface area contributed by atoms with Gasteiger partial charge in [-0.1, -0.05) is 0 Å². The molecule has 0 aliphatic rings. The summed E-state index contributed by atoms with van der Waals surface area (Å²) in [6.07, 6.45) is -0.181. The van der Waals surface area contributed by atoms with Crippen molar-refractivity contribution >= 4 is 11.9 Å². The van der Waals surface area contributed by atoms with Crippen LogP contribution in [0.25, 0.3) is 0 Å². The monoisotopic (exact) mass is 268 g/mol. The van der Waals surface area contributed by atoms with Gasteiger partial charge in [-0.2, -0.15) is 0 Å². The lowest BCUT2D eigenvalue weighted by atomic mass is 10.2. The van der Waals surface area contributed by atoms with E-state index in [1.165, 1.54) is 4.90 Å². The third kappa shape index (κ3) is 4.13. The number of carbonyl (C=O) groups excluding carboxylic acids is 1. The molecule has 104 valence electrons. The summed E-state index contributed by atoms with van der Waals surface area (Å²) in [6.45, 7) is 3.53. The van der Waals surface area contributed by atoms with Crippen molar-refractivity contribution in [1.29, 1.82) is 0 Å². The second-order valence-corrected chi connectivity index (χ2v) is 4.35. The first-order valence-corrected chi connectivity index (χ1v) is 5.77. The Morgan fingerprint density at radius 1 is 1.37 bits per heavy atom. The van der Waals surface area contributed by atoms with Gasteiger partial charge < -0.3 is 15.1 Å². The van der Waals surface area contributed by atoms with E-state index in [2.05, 4.69) is 4.98 Å². The van der Waals surface area contributed by atoms with Gasteiger partial charge in [-0.05, 0) is 13.8 Å². The average molecular weight is 268 g/mol. The number of nitrogens with one attached hydrogen (secondary N) is 1. The Bertz CT molecular complexity index is 535. The van der Waals surface area contributed by atoms with Gasteiger partial charge in [0.1, 0.15) is 0 Å². The van der Waals surface area contributed by atoms with Gasteiger partial charge in [0.25, 0.3) is 11.5 Å². The molecule has 1 aromatic rings. The lowest BCUT2D eigenvalue weighted by Crippen LogP contribution is -2.38. The third-order valence-corrected chi connectivity index (χ3v) is 2.53. The van der Waals surface area contributed by atoms with Gasteiger partial charge in [0.15, 0.2) is 5.88 Å². The number of hydrogen-bond donors (Lipinski definition) is 3. The van der Waals surface area contributed by atoms with Crippen LogP contribution in [0, 0.1) is 0 Å². The summed E-state index contributed by atoms with van der Waals surface area (Å²) in [5, 5.41) is 17.9. The number of aromatic nitrogens is 1. The Balaban J connectivity index is 2.98. The number of rotatable bonds is 5. The molecule has 0 saturated heterocycles. The number of carboxylic acids is 1. The van der Waals surface area contributed by atoms with Crippen LogP contribution in [0.3, 0.4) is 0 Å². The van der Waals surface area contributed by atoms with E-state index < -0.39 is 23.3 Å². The van der Waals surface area contributed by atoms with Gasteiger partial charge in [0.05, 0.1) is 12.0 Å². The van der Waals surface area contributed by atoms with Crippen molar-refractivity contribution < 1.29 is 19.8 Å². The number of aliphatic carboxylic acids is 1. The number of pyridine rings is 1. The molecule has 0 aliphatic heterocycles. The molecule has 0 fully saturated rings. The summed E-state index contributed by atoms with van der Waals surface area (Å²) in [4.78, 5) is 37.4. The maximum atomic E-state index is 12.2. The molecular weight excluding hydrogens is 252 g/mol. The fraction of sp³-hybridized carbons (Fsp3) is 0.417. The highest BCUT2D eigenvalue weighted by molar-refractivity contribution is 5.94. The predicted octanol–water partition coefficient (Wildman–Crippen LogP) is 0.406. The molecule has 0 atom stereocenters. The van der Waals surface area contributed by atoms with Crippen molar-refractivity contribution in [3.63, 3.8) is 0 Å². The van der Waals surface area contributed by atoms with Crippen LogP contribution in [0.15, 0.2) is 16.9 Å². The number of amides is 1. The van der Waals surface area contributed by atoms with Crippen LogP contribution in [0.1, 0.15) is 30.6 Å². The van der Waals surface area contributed by atoms with Crippen molar-refractivity contribution in [3.8, 4) is 5.88 Å². The molecular formula is C12H16N2O5. The molecule has 1 aromatic heterocycles. The van der Waals surface area contributed by atoms with E-state index in [-0.39, 0.29) is 24.6 Å². The SMILES string of the molecule is CC(C)N(CCC(=O)O)C(=O)c1cc(O)[nH]c(=O)c1. The van der Waals surface area contributed by atoms with Crippen molar-refractivity contribution in [2.24, 2.45) is 0 Å². The predicted molar refractivity (Wildman–Crippen MR) is 67.2 cm³/mol. The van der Waals surface area contributed by atoms with Gasteiger partial charge in [-0.25, -0.2) is 0 Å². The quantitative estimate of drug-likeness (QED) is 0.716. The largest absolute Gasteiger partial charge is 0.494 e. The van der Waals surface area contributed by atoms with Crippen LogP contribution < -0.4 is 5.56 Å². The molecule has 1 rings (SSSR count). The highest BCUT2D eigenvalue weighted by Crippen LogP contribution is 2.11. The van der Waals surface area contributed by atoms with Crippen molar-refractivity contribution in [2.75, 3.05) is 6.54 Å². The molecule has 3 N–H and O–H groups in total. The number of H-pyrrole nitrogens is 1. The maximum absolute atomic E-state index is 12.2. The zero-order valence-electron chi connectivity index (χ0n) is 10.7. The molecule has 19 heavy (non-hydrogen) atoms. The number of hydrogen-bond acceptors (Lipinski definition) is 4.